The van der Waals surface area contributed by atoms with Crippen molar-refractivity contribution in [3.63, 3.8) is 0 Å². The first-order valence-electron chi connectivity index (χ1n) is 6.69. The van der Waals surface area contributed by atoms with E-state index in [2.05, 4.69) is 16.6 Å². The van der Waals surface area contributed by atoms with Crippen LogP contribution in [0.15, 0.2) is 18.2 Å². The molecule has 1 aromatic carbocycles. The van der Waals surface area contributed by atoms with Crippen molar-refractivity contribution < 1.29 is 13.5 Å². The van der Waals surface area contributed by atoms with Crippen LogP contribution in [0.1, 0.15) is 37.3 Å². The normalized spacial score (nSPS) is 10.8. The minimum Gasteiger partial charge on any atom is -0.395 e. The molecule has 0 saturated heterocycles. The number of sulfonamides is 1. The number of unbranched alkanes of at least 4 members (excludes halogenated alkanes) is 1. The molecule has 0 spiro atoms. The van der Waals surface area contributed by atoms with Crippen LogP contribution in [0.25, 0.3) is 0 Å². The summed E-state index contributed by atoms with van der Waals surface area (Å²) < 4.78 is 26.2. The molecular formula is C15H21NO3S. The van der Waals surface area contributed by atoms with Crippen molar-refractivity contribution in [2.45, 2.75) is 33.1 Å². The van der Waals surface area contributed by atoms with Gasteiger partial charge < -0.3 is 5.11 Å². The Morgan fingerprint density at radius 3 is 2.75 bits per heavy atom. The first kappa shape index (κ1) is 16.5. The number of nitrogens with one attached hydrogen (secondary N) is 1. The predicted octanol–water partition coefficient (Wildman–Crippen LogP) is 2.27. The van der Waals surface area contributed by atoms with Crippen molar-refractivity contribution >= 4 is 15.7 Å². The highest BCUT2D eigenvalue weighted by molar-refractivity contribution is 7.92. The Morgan fingerprint density at radius 2 is 2.10 bits per heavy atom. The number of rotatable bonds is 6. The Bertz CT molecular complexity index is 597. The zero-order valence-corrected chi connectivity index (χ0v) is 12.8. The average Bonchev–Trinajstić information content (AvgIpc) is 2.40. The van der Waals surface area contributed by atoms with Gasteiger partial charge in [-0.15, -0.1) is 0 Å². The van der Waals surface area contributed by atoms with Gasteiger partial charge in [-0.3, -0.25) is 4.72 Å². The van der Waals surface area contributed by atoms with E-state index in [9.17, 15) is 8.42 Å². The Kier molecular flexibility index (Phi) is 6.56. The van der Waals surface area contributed by atoms with Gasteiger partial charge in [0, 0.05) is 17.7 Å². The topological polar surface area (TPSA) is 66.4 Å². The summed E-state index contributed by atoms with van der Waals surface area (Å²) in [5.41, 5.74) is 2.28. The van der Waals surface area contributed by atoms with Crippen molar-refractivity contribution in [3.05, 3.63) is 29.3 Å². The summed E-state index contributed by atoms with van der Waals surface area (Å²) in [6.07, 6.45) is 1.89. The van der Waals surface area contributed by atoms with Crippen LogP contribution in [-0.2, 0) is 10.0 Å². The molecule has 0 aliphatic heterocycles. The van der Waals surface area contributed by atoms with Crippen LogP contribution in [0.4, 0.5) is 5.69 Å². The molecule has 0 saturated carbocycles. The molecular weight excluding hydrogens is 274 g/mol. The van der Waals surface area contributed by atoms with Gasteiger partial charge in [0.15, 0.2) is 0 Å². The van der Waals surface area contributed by atoms with E-state index in [1.807, 2.05) is 19.9 Å². The van der Waals surface area contributed by atoms with Crippen molar-refractivity contribution in [3.8, 4) is 11.8 Å². The molecule has 1 aromatic rings. The molecule has 1 rings (SSSR count). The van der Waals surface area contributed by atoms with Gasteiger partial charge in [0.05, 0.1) is 12.4 Å². The number of aliphatic hydroxyl groups is 1. The first-order chi connectivity index (χ1) is 9.48. The number of hydrogen-bond donors (Lipinski definition) is 2. The lowest BCUT2D eigenvalue weighted by Gasteiger charge is -2.09. The second kappa shape index (κ2) is 7.93. The zero-order chi connectivity index (χ0) is 15.0. The van der Waals surface area contributed by atoms with Gasteiger partial charge in [-0.1, -0.05) is 31.3 Å². The highest BCUT2D eigenvalue weighted by Crippen LogP contribution is 2.16. The molecule has 110 valence electrons. The molecule has 0 aliphatic rings. The molecule has 0 amide bonds. The lowest BCUT2D eigenvalue weighted by Crippen LogP contribution is -2.16. The van der Waals surface area contributed by atoms with Crippen LogP contribution < -0.4 is 4.72 Å². The number of aliphatic hydroxyl groups excluding tert-OH is 1. The molecule has 0 atom stereocenters. The van der Waals surface area contributed by atoms with Crippen molar-refractivity contribution in [2.75, 3.05) is 17.1 Å². The molecule has 0 unspecified atom stereocenters. The second-order valence-electron chi connectivity index (χ2n) is 4.58. The fraction of sp³-hybridized carbons (Fsp3) is 0.467. The average molecular weight is 295 g/mol. The van der Waals surface area contributed by atoms with E-state index in [-0.39, 0.29) is 12.4 Å². The van der Waals surface area contributed by atoms with E-state index in [1.165, 1.54) is 0 Å². The van der Waals surface area contributed by atoms with Gasteiger partial charge in [0.2, 0.25) is 10.0 Å². The summed E-state index contributed by atoms with van der Waals surface area (Å²) >= 11 is 0. The molecule has 20 heavy (non-hydrogen) atoms. The molecule has 4 nitrogen and oxygen atoms in total. The highest BCUT2D eigenvalue weighted by Gasteiger charge is 2.10. The fourth-order valence-corrected chi connectivity index (χ4v) is 2.86. The molecule has 5 heteroatoms. The Morgan fingerprint density at radius 1 is 1.35 bits per heavy atom. The zero-order valence-electron chi connectivity index (χ0n) is 11.9. The maximum atomic E-state index is 11.8. The minimum atomic E-state index is -3.29. The number of aryl methyl sites for hydroxylation is 1. The molecule has 0 aliphatic carbocycles. The smallest absolute Gasteiger partial charge is 0.232 e. The van der Waals surface area contributed by atoms with Crippen LogP contribution in [0.5, 0.6) is 0 Å². The SMILES string of the molecule is CCCCS(=O)(=O)Nc1ccc(C)c(C#CCCO)c1. The van der Waals surface area contributed by atoms with Gasteiger partial charge in [-0.05, 0) is 31.0 Å². The monoisotopic (exact) mass is 295 g/mol. The minimum absolute atomic E-state index is 0.0232. The summed E-state index contributed by atoms with van der Waals surface area (Å²) in [5, 5.41) is 8.71. The van der Waals surface area contributed by atoms with Crippen LogP contribution in [0.3, 0.4) is 0 Å². The molecule has 0 radical (unpaired) electrons. The lowest BCUT2D eigenvalue weighted by molar-refractivity contribution is 0.305. The summed E-state index contributed by atoms with van der Waals surface area (Å²) in [7, 11) is -3.29. The third kappa shape index (κ3) is 5.64. The Hall–Kier alpha value is -1.51. The van der Waals surface area contributed by atoms with Crippen molar-refractivity contribution in [1.82, 2.24) is 0 Å². The van der Waals surface area contributed by atoms with Gasteiger partial charge in [-0.25, -0.2) is 8.42 Å². The van der Waals surface area contributed by atoms with E-state index in [0.29, 0.717) is 18.5 Å². The summed E-state index contributed by atoms with van der Waals surface area (Å²) in [6.45, 7) is 3.89. The van der Waals surface area contributed by atoms with Crippen LogP contribution in [0.2, 0.25) is 0 Å². The molecule has 0 bridgehead atoms. The van der Waals surface area contributed by atoms with E-state index in [0.717, 1.165) is 17.5 Å². The van der Waals surface area contributed by atoms with Crippen LogP contribution in [0, 0.1) is 18.8 Å². The largest absolute Gasteiger partial charge is 0.395 e. The van der Waals surface area contributed by atoms with Crippen molar-refractivity contribution in [2.24, 2.45) is 0 Å². The van der Waals surface area contributed by atoms with E-state index < -0.39 is 10.0 Å². The molecule has 0 aromatic heterocycles. The van der Waals surface area contributed by atoms with Gasteiger partial charge in [-0.2, -0.15) is 0 Å². The summed E-state index contributed by atoms with van der Waals surface area (Å²) in [6, 6.07) is 5.29. The first-order valence-corrected chi connectivity index (χ1v) is 8.34. The van der Waals surface area contributed by atoms with Crippen LogP contribution >= 0.6 is 0 Å². The Labute approximate surface area is 121 Å². The van der Waals surface area contributed by atoms with Gasteiger partial charge in [0.1, 0.15) is 0 Å². The quantitative estimate of drug-likeness (QED) is 0.791. The third-order valence-electron chi connectivity index (χ3n) is 2.74. The van der Waals surface area contributed by atoms with Gasteiger partial charge in [0.25, 0.3) is 0 Å². The maximum absolute atomic E-state index is 11.8. The summed E-state index contributed by atoms with van der Waals surface area (Å²) in [5.74, 6) is 5.91. The van der Waals surface area contributed by atoms with Crippen molar-refractivity contribution in [1.29, 1.82) is 0 Å². The Balaban J connectivity index is 2.88. The maximum Gasteiger partial charge on any atom is 0.232 e. The standard InChI is InChI=1S/C15H21NO3S/c1-3-4-11-20(18,19)16-15-9-8-13(2)14(12-15)7-5-6-10-17/h8-9,12,16-17H,3-4,6,10-11H2,1-2H3. The van der Waals surface area contributed by atoms with E-state index >= 15 is 0 Å². The molecule has 0 heterocycles. The van der Waals surface area contributed by atoms with Crippen LogP contribution in [-0.4, -0.2) is 25.9 Å². The fourth-order valence-electron chi connectivity index (χ4n) is 1.60. The van der Waals surface area contributed by atoms with E-state index in [1.54, 1.807) is 12.1 Å². The highest BCUT2D eigenvalue weighted by atomic mass is 32.2. The molecule has 0 fully saturated rings. The predicted molar refractivity (Wildman–Crippen MR) is 82.1 cm³/mol. The number of benzene rings is 1. The van der Waals surface area contributed by atoms with Gasteiger partial charge >= 0.3 is 0 Å². The molecule has 2 N–H and O–H groups in total. The summed E-state index contributed by atoms with van der Waals surface area (Å²) in [4.78, 5) is 0. The third-order valence-corrected chi connectivity index (χ3v) is 4.11. The second-order valence-corrected chi connectivity index (χ2v) is 6.42. The number of anilines is 1. The van der Waals surface area contributed by atoms with E-state index in [4.69, 9.17) is 5.11 Å². The number of hydrogen-bond acceptors (Lipinski definition) is 3. The lowest BCUT2D eigenvalue weighted by atomic mass is 10.1.